The number of carbonyl (C=O) groups is 1. The Morgan fingerprint density at radius 3 is 2.31 bits per heavy atom. The number of ketones is 1. The molecule has 0 radical (unpaired) electrons. The molecule has 0 aromatic heterocycles. The molecule has 0 aromatic rings. The first-order chi connectivity index (χ1) is 6.00. The molecule has 13 heavy (non-hydrogen) atoms. The maximum atomic E-state index is 11.7. The van der Waals surface area contributed by atoms with E-state index in [1.807, 2.05) is 0 Å². The van der Waals surface area contributed by atoms with Gasteiger partial charge in [0.1, 0.15) is 0 Å². The monoisotopic (exact) mass is 198 g/mol. The summed E-state index contributed by atoms with van der Waals surface area (Å²) in [6, 6.07) is 0. The van der Waals surface area contributed by atoms with Gasteiger partial charge in [-0.25, -0.2) is 0 Å². The fraction of sp³-hybridized carbons (Fsp3) is 0.857. The number of carbonyl (C=O) groups excluding carboxylic acids is 1. The molecule has 0 atom stereocenters. The molecule has 1 fully saturated rings. The quantitative estimate of drug-likeness (QED) is 0.670. The van der Waals surface area contributed by atoms with Gasteiger partial charge in [-0.2, -0.15) is 13.2 Å². The number of hydrogen-bond acceptors (Lipinski definition) is 3. The van der Waals surface area contributed by atoms with Gasteiger partial charge in [0.2, 0.25) is 5.78 Å². The second kappa shape index (κ2) is 4.06. The maximum Gasteiger partial charge on any atom is 0.450 e. The molecule has 0 amide bonds. The molecule has 0 unspecified atom stereocenters. The second-order valence-electron chi connectivity index (χ2n) is 2.65. The normalized spacial score (nSPS) is 20.2. The number of Topliss-reactive ketones (excluding diaryl/α,β-unsaturated/α-hetero) is 1. The van der Waals surface area contributed by atoms with Crippen LogP contribution in [0.2, 0.25) is 0 Å². The van der Waals surface area contributed by atoms with E-state index in [1.165, 1.54) is 0 Å². The zero-order valence-electron chi connectivity index (χ0n) is 6.76. The van der Waals surface area contributed by atoms with E-state index in [0.717, 1.165) is 0 Å². The van der Waals surface area contributed by atoms with E-state index in [2.05, 4.69) is 0 Å². The van der Waals surface area contributed by atoms with Crippen molar-refractivity contribution in [3.8, 4) is 0 Å². The predicted octanol–water partition coefficient (Wildman–Crippen LogP) is 1.27. The summed E-state index contributed by atoms with van der Waals surface area (Å²) in [5.74, 6) is -1.81. The molecule has 0 aromatic carbocycles. The van der Waals surface area contributed by atoms with Gasteiger partial charge in [0.05, 0.1) is 19.6 Å². The Morgan fingerprint density at radius 2 is 1.85 bits per heavy atom. The first kappa shape index (κ1) is 10.5. The van der Waals surface area contributed by atoms with Crippen molar-refractivity contribution in [2.24, 2.45) is 0 Å². The molecular weight excluding hydrogens is 189 g/mol. The molecule has 1 heterocycles. The Labute approximate surface area is 72.8 Å². The number of halogens is 3. The van der Waals surface area contributed by atoms with Gasteiger partial charge >= 0.3 is 6.18 Å². The standard InChI is InChI=1S/C7H9F3O3/c8-7(9,10)5(11)4-6-12-2-1-3-13-6/h6H,1-4H2. The highest BCUT2D eigenvalue weighted by molar-refractivity contribution is 5.84. The summed E-state index contributed by atoms with van der Waals surface area (Å²) in [4.78, 5) is 10.4. The zero-order chi connectivity index (χ0) is 9.90. The summed E-state index contributed by atoms with van der Waals surface area (Å²) < 4.78 is 44.8. The fourth-order valence-electron chi connectivity index (χ4n) is 0.922. The van der Waals surface area contributed by atoms with Crippen LogP contribution in [-0.2, 0) is 14.3 Å². The summed E-state index contributed by atoms with van der Waals surface area (Å²) in [5.41, 5.74) is 0. The van der Waals surface area contributed by atoms with E-state index in [1.54, 1.807) is 0 Å². The molecule has 0 aliphatic carbocycles. The van der Waals surface area contributed by atoms with E-state index < -0.39 is 24.7 Å². The molecule has 3 nitrogen and oxygen atoms in total. The Kier molecular flexibility index (Phi) is 3.27. The molecule has 1 aliphatic heterocycles. The highest BCUT2D eigenvalue weighted by Gasteiger charge is 2.39. The van der Waals surface area contributed by atoms with E-state index in [-0.39, 0.29) is 0 Å². The fourth-order valence-corrected chi connectivity index (χ4v) is 0.922. The first-order valence-electron chi connectivity index (χ1n) is 3.83. The number of alkyl halides is 3. The lowest BCUT2D eigenvalue weighted by Crippen LogP contribution is -2.32. The average Bonchev–Trinajstić information content (AvgIpc) is 2.04. The molecule has 0 bridgehead atoms. The van der Waals surface area contributed by atoms with E-state index in [9.17, 15) is 18.0 Å². The number of ether oxygens (including phenoxy) is 2. The Balaban J connectivity index is 2.35. The Bertz CT molecular complexity index is 184. The van der Waals surface area contributed by atoms with Gasteiger partial charge in [0, 0.05) is 0 Å². The highest BCUT2D eigenvalue weighted by atomic mass is 19.4. The van der Waals surface area contributed by atoms with Crippen LogP contribution in [0.15, 0.2) is 0 Å². The van der Waals surface area contributed by atoms with Crippen LogP contribution < -0.4 is 0 Å². The molecule has 76 valence electrons. The van der Waals surface area contributed by atoms with Gasteiger partial charge in [-0.3, -0.25) is 4.79 Å². The van der Waals surface area contributed by atoms with Crippen LogP contribution in [0.3, 0.4) is 0 Å². The lowest BCUT2D eigenvalue weighted by Gasteiger charge is -2.22. The molecule has 0 N–H and O–H groups in total. The molecular formula is C7H9F3O3. The summed E-state index contributed by atoms with van der Waals surface area (Å²) in [5, 5.41) is 0. The van der Waals surface area contributed by atoms with Crippen molar-refractivity contribution in [2.75, 3.05) is 13.2 Å². The lowest BCUT2D eigenvalue weighted by molar-refractivity contribution is -0.201. The maximum absolute atomic E-state index is 11.7. The summed E-state index contributed by atoms with van der Waals surface area (Å²) in [7, 11) is 0. The van der Waals surface area contributed by atoms with Crippen LogP contribution in [0, 0.1) is 0 Å². The third-order valence-electron chi connectivity index (χ3n) is 1.56. The summed E-state index contributed by atoms with van der Waals surface area (Å²) in [6.45, 7) is 0.686. The van der Waals surface area contributed by atoms with Crippen LogP contribution in [-0.4, -0.2) is 31.5 Å². The zero-order valence-corrected chi connectivity index (χ0v) is 6.76. The molecule has 1 rings (SSSR count). The van der Waals surface area contributed by atoms with Gasteiger partial charge in [0.25, 0.3) is 0 Å². The van der Waals surface area contributed by atoms with Gasteiger partial charge in [-0.1, -0.05) is 0 Å². The third kappa shape index (κ3) is 3.31. The average molecular weight is 198 g/mol. The molecule has 1 aliphatic rings. The van der Waals surface area contributed by atoms with Crippen molar-refractivity contribution in [2.45, 2.75) is 25.3 Å². The highest BCUT2D eigenvalue weighted by Crippen LogP contribution is 2.20. The second-order valence-corrected chi connectivity index (χ2v) is 2.65. The molecule has 0 saturated carbocycles. The van der Waals surface area contributed by atoms with Gasteiger partial charge in [-0.05, 0) is 6.42 Å². The van der Waals surface area contributed by atoms with Crippen molar-refractivity contribution in [1.82, 2.24) is 0 Å². The van der Waals surface area contributed by atoms with Crippen molar-refractivity contribution in [3.05, 3.63) is 0 Å². The van der Waals surface area contributed by atoms with Crippen molar-refractivity contribution in [3.63, 3.8) is 0 Å². The molecule has 6 heteroatoms. The van der Waals surface area contributed by atoms with Crippen LogP contribution in [0.4, 0.5) is 13.2 Å². The van der Waals surface area contributed by atoms with Crippen LogP contribution >= 0.6 is 0 Å². The van der Waals surface area contributed by atoms with Crippen molar-refractivity contribution in [1.29, 1.82) is 0 Å². The summed E-state index contributed by atoms with van der Waals surface area (Å²) in [6.07, 6.45) is -5.91. The SMILES string of the molecule is O=C(CC1OCCCO1)C(F)(F)F. The minimum Gasteiger partial charge on any atom is -0.352 e. The van der Waals surface area contributed by atoms with Gasteiger partial charge in [0.15, 0.2) is 6.29 Å². The number of rotatable bonds is 2. The van der Waals surface area contributed by atoms with Crippen LogP contribution in [0.5, 0.6) is 0 Å². The number of hydrogen-bond donors (Lipinski definition) is 0. The summed E-state index contributed by atoms with van der Waals surface area (Å²) >= 11 is 0. The van der Waals surface area contributed by atoms with E-state index >= 15 is 0 Å². The van der Waals surface area contributed by atoms with Crippen molar-refractivity contribution < 1.29 is 27.4 Å². The lowest BCUT2D eigenvalue weighted by atomic mass is 10.2. The van der Waals surface area contributed by atoms with E-state index in [4.69, 9.17) is 9.47 Å². The molecule has 1 saturated heterocycles. The first-order valence-corrected chi connectivity index (χ1v) is 3.83. The minimum absolute atomic E-state index is 0.343. The van der Waals surface area contributed by atoms with E-state index in [0.29, 0.717) is 19.6 Å². The molecule has 0 spiro atoms. The van der Waals surface area contributed by atoms with Gasteiger partial charge < -0.3 is 9.47 Å². The van der Waals surface area contributed by atoms with Crippen LogP contribution in [0.25, 0.3) is 0 Å². The van der Waals surface area contributed by atoms with Crippen molar-refractivity contribution >= 4 is 5.78 Å². The third-order valence-corrected chi connectivity index (χ3v) is 1.56. The smallest absolute Gasteiger partial charge is 0.352 e. The predicted molar refractivity (Wildman–Crippen MR) is 36.0 cm³/mol. The Hall–Kier alpha value is -0.620. The largest absolute Gasteiger partial charge is 0.450 e. The Morgan fingerprint density at radius 1 is 1.31 bits per heavy atom. The minimum atomic E-state index is -4.79. The van der Waals surface area contributed by atoms with Gasteiger partial charge in [-0.15, -0.1) is 0 Å². The topological polar surface area (TPSA) is 35.5 Å². The van der Waals surface area contributed by atoms with Crippen LogP contribution in [0.1, 0.15) is 12.8 Å².